The molecule has 4 unspecified atom stereocenters. The molecule has 7 heteroatoms. The molecule has 0 spiro atoms. The second-order valence-corrected chi connectivity index (χ2v) is 15.5. The van der Waals surface area contributed by atoms with E-state index >= 15 is 0 Å². The monoisotopic (exact) mass is 699 g/mol. The van der Waals surface area contributed by atoms with E-state index in [0.717, 1.165) is 44.4 Å². The third-order valence-corrected chi connectivity index (χ3v) is 10.2. The number of aliphatic hydroxyl groups excluding tert-OH is 3. The van der Waals surface area contributed by atoms with Crippen molar-refractivity contribution in [3.8, 4) is 0 Å². The topological polar surface area (TPSA) is 124 Å². The number of unbranched alkanes of at least 4 members (excludes halogenated alkanes) is 23. The maximum Gasteiger partial charge on any atom is 0.309 e. The van der Waals surface area contributed by atoms with E-state index in [-0.39, 0.29) is 12.8 Å². The zero-order chi connectivity index (χ0) is 36.4. The maximum atomic E-state index is 13.1. The van der Waals surface area contributed by atoms with Gasteiger partial charge in [0, 0.05) is 0 Å². The van der Waals surface area contributed by atoms with Crippen LogP contribution < -0.4 is 0 Å². The molecule has 0 fully saturated rings. The number of carboxylic acids is 1. The normalized spacial score (nSPS) is 14.2. The summed E-state index contributed by atoms with van der Waals surface area (Å²) in [4.78, 5) is 25.1. The third-order valence-electron chi connectivity index (χ3n) is 10.2. The van der Waals surface area contributed by atoms with E-state index in [4.69, 9.17) is 4.74 Å². The van der Waals surface area contributed by atoms with Gasteiger partial charge in [0.1, 0.15) is 6.10 Å². The summed E-state index contributed by atoms with van der Waals surface area (Å²) in [6, 6.07) is 0. The zero-order valence-electron chi connectivity index (χ0n) is 32.5. The molecule has 0 rings (SSSR count). The maximum absolute atomic E-state index is 13.1. The van der Waals surface area contributed by atoms with Crippen molar-refractivity contribution < 1.29 is 34.8 Å². The fourth-order valence-corrected chi connectivity index (χ4v) is 6.93. The Labute approximate surface area is 302 Å². The van der Waals surface area contributed by atoms with Crippen LogP contribution in [0.15, 0.2) is 0 Å². The van der Waals surface area contributed by atoms with Crippen LogP contribution in [0.1, 0.15) is 213 Å². The van der Waals surface area contributed by atoms with Gasteiger partial charge in [0.05, 0.1) is 31.2 Å². The lowest BCUT2D eigenvalue weighted by atomic mass is 9.93. The Hall–Kier alpha value is -1.18. The first-order valence-electron chi connectivity index (χ1n) is 21.1. The fourth-order valence-electron chi connectivity index (χ4n) is 6.93. The van der Waals surface area contributed by atoms with Crippen LogP contribution in [0.3, 0.4) is 0 Å². The average molecular weight is 699 g/mol. The molecular formula is C42H82O7. The molecule has 0 aromatic rings. The Kier molecular flexibility index (Phi) is 34.4. The van der Waals surface area contributed by atoms with Crippen molar-refractivity contribution in [3.63, 3.8) is 0 Å². The SMILES string of the molecule is CCCCCCCCCCCCCCCCC(CC(CO)OC(=O)C(CCCCCCCCCCCCCC(C)C)CC(O)CO)C(=O)O. The van der Waals surface area contributed by atoms with E-state index < -0.39 is 49.2 Å². The second kappa shape index (κ2) is 35.2. The van der Waals surface area contributed by atoms with Crippen molar-refractivity contribution in [1.82, 2.24) is 0 Å². The summed E-state index contributed by atoms with van der Waals surface area (Å²) >= 11 is 0. The van der Waals surface area contributed by atoms with Crippen LogP contribution in [0, 0.1) is 17.8 Å². The Morgan fingerprint density at radius 3 is 1.22 bits per heavy atom. The standard InChI is InChI=1S/C42H82O7/c1-4-5-6-7-8-9-10-11-12-15-18-21-24-27-30-37(41(46)47)33-40(35-44)49-42(48)38(32-39(45)34-43)31-28-25-22-19-16-13-14-17-20-23-26-29-36(2)3/h36-40,43-45H,4-35H2,1-3H3,(H,46,47). The van der Waals surface area contributed by atoms with Crippen molar-refractivity contribution in [1.29, 1.82) is 0 Å². The Morgan fingerprint density at radius 1 is 0.510 bits per heavy atom. The van der Waals surface area contributed by atoms with Gasteiger partial charge in [-0.15, -0.1) is 0 Å². The second-order valence-electron chi connectivity index (χ2n) is 15.5. The van der Waals surface area contributed by atoms with Gasteiger partial charge >= 0.3 is 11.9 Å². The van der Waals surface area contributed by atoms with Crippen LogP contribution in [0.4, 0.5) is 0 Å². The van der Waals surface area contributed by atoms with Crippen LogP contribution >= 0.6 is 0 Å². The van der Waals surface area contributed by atoms with Crippen LogP contribution in [0.25, 0.3) is 0 Å². The van der Waals surface area contributed by atoms with Gasteiger partial charge < -0.3 is 25.2 Å². The van der Waals surface area contributed by atoms with E-state index in [9.17, 15) is 30.0 Å². The number of ether oxygens (including phenoxy) is 1. The van der Waals surface area contributed by atoms with E-state index in [2.05, 4.69) is 20.8 Å². The van der Waals surface area contributed by atoms with Crippen molar-refractivity contribution in [2.24, 2.45) is 17.8 Å². The van der Waals surface area contributed by atoms with E-state index in [1.54, 1.807) is 0 Å². The summed E-state index contributed by atoms with van der Waals surface area (Å²) in [6.45, 7) is 5.98. The van der Waals surface area contributed by atoms with Crippen molar-refractivity contribution in [2.45, 2.75) is 226 Å². The highest BCUT2D eigenvalue weighted by atomic mass is 16.6. The van der Waals surface area contributed by atoms with Crippen molar-refractivity contribution in [2.75, 3.05) is 13.2 Å². The fraction of sp³-hybridized carbons (Fsp3) is 0.952. The lowest BCUT2D eigenvalue weighted by molar-refractivity contribution is -0.161. The highest BCUT2D eigenvalue weighted by molar-refractivity contribution is 5.73. The summed E-state index contributed by atoms with van der Waals surface area (Å²) in [5.74, 6) is -1.88. The molecule has 0 saturated carbocycles. The summed E-state index contributed by atoms with van der Waals surface area (Å²) in [5, 5.41) is 39.2. The van der Waals surface area contributed by atoms with Gasteiger partial charge in [-0.2, -0.15) is 0 Å². The molecule has 0 heterocycles. The zero-order valence-corrected chi connectivity index (χ0v) is 32.5. The smallest absolute Gasteiger partial charge is 0.309 e. The van der Waals surface area contributed by atoms with Gasteiger partial charge in [-0.1, -0.05) is 188 Å². The molecule has 0 aromatic heterocycles. The van der Waals surface area contributed by atoms with Crippen LogP contribution in [0.2, 0.25) is 0 Å². The highest BCUT2D eigenvalue weighted by Gasteiger charge is 2.29. The molecule has 4 atom stereocenters. The number of carboxylic acid groups (broad SMARTS) is 1. The molecule has 0 aliphatic heterocycles. The molecule has 7 nitrogen and oxygen atoms in total. The Balaban J connectivity index is 4.31. The van der Waals surface area contributed by atoms with Crippen molar-refractivity contribution in [3.05, 3.63) is 0 Å². The van der Waals surface area contributed by atoms with E-state index in [1.165, 1.54) is 128 Å². The molecule has 0 saturated heterocycles. The Bertz CT molecular complexity index is 728. The number of carbonyl (C=O) groups is 2. The van der Waals surface area contributed by atoms with Gasteiger partial charge in [-0.3, -0.25) is 9.59 Å². The third kappa shape index (κ3) is 31.3. The van der Waals surface area contributed by atoms with E-state index in [1.807, 2.05) is 0 Å². The lowest BCUT2D eigenvalue weighted by Crippen LogP contribution is -2.32. The van der Waals surface area contributed by atoms with Gasteiger partial charge in [0.15, 0.2) is 0 Å². The van der Waals surface area contributed by atoms with E-state index in [0.29, 0.717) is 12.8 Å². The predicted molar refractivity (Wildman–Crippen MR) is 204 cm³/mol. The minimum Gasteiger partial charge on any atom is -0.481 e. The summed E-state index contributed by atoms with van der Waals surface area (Å²) < 4.78 is 5.64. The van der Waals surface area contributed by atoms with Gasteiger partial charge in [-0.05, 0) is 31.6 Å². The lowest BCUT2D eigenvalue weighted by Gasteiger charge is -2.24. The number of carbonyl (C=O) groups excluding carboxylic acids is 1. The quantitative estimate of drug-likeness (QED) is 0.0373. The summed E-state index contributed by atoms with van der Waals surface area (Å²) in [5.41, 5.74) is 0. The largest absolute Gasteiger partial charge is 0.481 e. The van der Waals surface area contributed by atoms with Gasteiger partial charge in [-0.25, -0.2) is 0 Å². The molecule has 0 aliphatic rings. The van der Waals surface area contributed by atoms with Crippen LogP contribution in [-0.2, 0) is 14.3 Å². The molecule has 0 amide bonds. The summed E-state index contributed by atoms with van der Waals surface area (Å²) in [6.07, 6.45) is 31.4. The molecule has 292 valence electrons. The number of aliphatic hydroxyl groups is 3. The molecular weight excluding hydrogens is 616 g/mol. The van der Waals surface area contributed by atoms with Crippen molar-refractivity contribution >= 4 is 11.9 Å². The number of hydrogen-bond donors (Lipinski definition) is 4. The van der Waals surface area contributed by atoms with Crippen LogP contribution in [0.5, 0.6) is 0 Å². The molecule has 0 aromatic carbocycles. The van der Waals surface area contributed by atoms with Crippen LogP contribution in [-0.4, -0.2) is 57.8 Å². The number of aliphatic carboxylic acids is 1. The molecule has 0 aliphatic carbocycles. The number of hydrogen-bond acceptors (Lipinski definition) is 6. The van der Waals surface area contributed by atoms with Gasteiger partial charge in [0.2, 0.25) is 0 Å². The molecule has 0 bridgehead atoms. The molecule has 49 heavy (non-hydrogen) atoms. The van der Waals surface area contributed by atoms with Gasteiger partial charge in [0.25, 0.3) is 0 Å². The average Bonchev–Trinajstić information content (AvgIpc) is 3.08. The Morgan fingerprint density at radius 2 is 0.878 bits per heavy atom. The number of esters is 1. The minimum absolute atomic E-state index is 0.0865. The highest BCUT2D eigenvalue weighted by Crippen LogP contribution is 2.24. The summed E-state index contributed by atoms with van der Waals surface area (Å²) in [7, 11) is 0. The minimum atomic E-state index is -1.01. The number of rotatable bonds is 38. The molecule has 4 N–H and O–H groups in total. The molecule has 0 radical (unpaired) electrons. The first-order valence-corrected chi connectivity index (χ1v) is 21.1. The predicted octanol–water partition coefficient (Wildman–Crippen LogP) is 10.9. The first-order chi connectivity index (χ1) is 23.7. The first kappa shape index (κ1) is 47.8.